The van der Waals surface area contributed by atoms with E-state index in [9.17, 15) is 0 Å². The molecule has 2 heteroatoms. The summed E-state index contributed by atoms with van der Waals surface area (Å²) in [4.78, 5) is 10.2. The molecule has 1 aliphatic rings. The number of hydrogen-bond acceptors (Lipinski definition) is 2. The fourth-order valence-electron chi connectivity index (χ4n) is 0.924. The van der Waals surface area contributed by atoms with Crippen molar-refractivity contribution in [3.05, 3.63) is 12.8 Å². The lowest BCUT2D eigenvalue weighted by molar-refractivity contribution is -0.0979. The molecule has 0 aliphatic carbocycles. The van der Waals surface area contributed by atoms with Gasteiger partial charge < -0.3 is 9.69 Å². The Morgan fingerprint density at radius 3 is 1.89 bits per heavy atom. The van der Waals surface area contributed by atoms with Gasteiger partial charge in [0.15, 0.2) is 0 Å². The van der Waals surface area contributed by atoms with E-state index in [0.717, 1.165) is 0 Å². The molecular formula is C7H13NO. The maximum atomic E-state index is 8.00. The van der Waals surface area contributed by atoms with Crippen LogP contribution in [0.3, 0.4) is 0 Å². The van der Waals surface area contributed by atoms with Crippen molar-refractivity contribution in [3.63, 3.8) is 0 Å². The predicted octanol–water partition coefficient (Wildman–Crippen LogP) is 1.04. The van der Waals surface area contributed by atoms with E-state index in [0.29, 0.717) is 0 Å². The second-order valence-corrected chi connectivity index (χ2v) is 1.93. The van der Waals surface area contributed by atoms with Gasteiger partial charge in [-0.25, -0.2) is 0 Å². The van der Waals surface area contributed by atoms with E-state index in [1.54, 1.807) is 0 Å². The molecule has 0 unspecified atom stereocenters. The first kappa shape index (κ1) is 8.21. The molecule has 0 aromatic carbocycles. The van der Waals surface area contributed by atoms with Gasteiger partial charge in [-0.15, -0.1) is 0 Å². The maximum absolute atomic E-state index is 8.00. The molecule has 0 N–H and O–H groups in total. The Morgan fingerprint density at radius 2 is 1.67 bits per heavy atom. The molecule has 1 rings (SSSR count). The summed E-state index contributed by atoms with van der Waals surface area (Å²) in [6.07, 6.45) is 4.63. The van der Waals surface area contributed by atoms with Crippen molar-refractivity contribution in [2.45, 2.75) is 12.8 Å². The molecule has 0 spiro atoms. The zero-order chi connectivity index (χ0) is 7.11. The highest BCUT2D eigenvalue weighted by molar-refractivity contribution is 5.10. The van der Waals surface area contributed by atoms with Gasteiger partial charge in [-0.2, -0.15) is 0 Å². The largest absolute Gasteiger partial charge is 0.378 e. The number of hydrogen-bond donors (Lipinski definition) is 0. The molecule has 9 heavy (non-hydrogen) atoms. The van der Waals surface area contributed by atoms with Crippen LogP contribution in [0.5, 0.6) is 0 Å². The molecule has 0 atom stereocenters. The van der Waals surface area contributed by atoms with E-state index in [1.165, 1.54) is 25.9 Å². The van der Waals surface area contributed by atoms with Gasteiger partial charge in [0, 0.05) is 13.1 Å². The SMILES string of the molecule is C=CN1CCCC1.C=O. The molecule has 0 amide bonds. The van der Waals surface area contributed by atoms with Gasteiger partial charge in [0.25, 0.3) is 0 Å². The summed E-state index contributed by atoms with van der Waals surface area (Å²) in [7, 11) is 0. The third kappa shape index (κ3) is 2.90. The van der Waals surface area contributed by atoms with Crippen LogP contribution in [0.2, 0.25) is 0 Å². The molecule has 1 saturated heterocycles. The van der Waals surface area contributed by atoms with Gasteiger partial charge in [-0.05, 0) is 19.0 Å². The van der Waals surface area contributed by atoms with Crippen molar-refractivity contribution in [2.24, 2.45) is 0 Å². The summed E-state index contributed by atoms with van der Waals surface area (Å²) in [5.74, 6) is 0. The topological polar surface area (TPSA) is 20.3 Å². The third-order valence-electron chi connectivity index (χ3n) is 1.40. The normalized spacial score (nSPS) is 16.2. The van der Waals surface area contributed by atoms with Crippen molar-refractivity contribution in [2.75, 3.05) is 13.1 Å². The Bertz CT molecular complexity index is 77.0. The highest BCUT2D eigenvalue weighted by atomic mass is 16.1. The number of carbonyl (C=O) groups excluding carboxylic acids is 1. The maximum Gasteiger partial charge on any atom is 0.106 e. The third-order valence-corrected chi connectivity index (χ3v) is 1.40. The van der Waals surface area contributed by atoms with Gasteiger partial charge in [0.2, 0.25) is 0 Å². The molecule has 0 aromatic rings. The van der Waals surface area contributed by atoms with Gasteiger partial charge in [-0.3, -0.25) is 0 Å². The first-order chi connectivity index (χ1) is 4.43. The van der Waals surface area contributed by atoms with Gasteiger partial charge in [0.1, 0.15) is 6.79 Å². The van der Waals surface area contributed by atoms with Crippen molar-refractivity contribution in [3.8, 4) is 0 Å². The van der Waals surface area contributed by atoms with Crippen LogP contribution in [-0.2, 0) is 4.79 Å². The Kier molecular flexibility index (Phi) is 4.88. The fourth-order valence-corrected chi connectivity index (χ4v) is 0.924. The summed E-state index contributed by atoms with van der Waals surface area (Å²) in [6, 6.07) is 0. The second-order valence-electron chi connectivity index (χ2n) is 1.93. The summed E-state index contributed by atoms with van der Waals surface area (Å²) in [6.45, 7) is 8.12. The fraction of sp³-hybridized carbons (Fsp3) is 0.571. The van der Waals surface area contributed by atoms with Crippen molar-refractivity contribution in [1.29, 1.82) is 0 Å². The molecule has 0 saturated carbocycles. The summed E-state index contributed by atoms with van der Waals surface area (Å²) in [5.41, 5.74) is 0. The molecule has 1 aliphatic heterocycles. The van der Waals surface area contributed by atoms with Crippen LogP contribution in [0.25, 0.3) is 0 Å². The summed E-state index contributed by atoms with van der Waals surface area (Å²) < 4.78 is 0. The summed E-state index contributed by atoms with van der Waals surface area (Å²) in [5, 5.41) is 0. The minimum atomic E-state index is 1.23. The first-order valence-corrected chi connectivity index (χ1v) is 3.09. The van der Waals surface area contributed by atoms with Crippen molar-refractivity contribution < 1.29 is 4.79 Å². The van der Waals surface area contributed by atoms with Gasteiger partial charge in [-0.1, -0.05) is 6.58 Å². The molecule has 0 bridgehead atoms. The highest BCUT2D eigenvalue weighted by Crippen LogP contribution is 2.05. The number of nitrogens with zero attached hydrogens (tertiary/aromatic N) is 1. The average molecular weight is 127 g/mol. The zero-order valence-corrected chi connectivity index (χ0v) is 5.68. The van der Waals surface area contributed by atoms with E-state index >= 15 is 0 Å². The highest BCUT2D eigenvalue weighted by Gasteiger charge is 2.04. The Labute approximate surface area is 56.2 Å². The molecule has 0 aromatic heterocycles. The Morgan fingerprint density at radius 1 is 1.22 bits per heavy atom. The minimum absolute atomic E-state index is 1.23. The molecule has 52 valence electrons. The quantitative estimate of drug-likeness (QED) is 0.524. The van der Waals surface area contributed by atoms with E-state index in [4.69, 9.17) is 4.79 Å². The van der Waals surface area contributed by atoms with E-state index in [1.807, 2.05) is 13.0 Å². The van der Waals surface area contributed by atoms with Crippen LogP contribution in [0, 0.1) is 0 Å². The van der Waals surface area contributed by atoms with Crippen LogP contribution in [0.1, 0.15) is 12.8 Å². The number of likely N-dealkylation sites (tertiary alicyclic amines) is 1. The van der Waals surface area contributed by atoms with Crippen LogP contribution >= 0.6 is 0 Å². The molecule has 2 nitrogen and oxygen atoms in total. The Hall–Kier alpha value is -0.790. The monoisotopic (exact) mass is 127 g/mol. The predicted molar refractivity (Wildman–Crippen MR) is 38.1 cm³/mol. The summed E-state index contributed by atoms with van der Waals surface area (Å²) >= 11 is 0. The lowest BCUT2D eigenvalue weighted by Crippen LogP contribution is -2.08. The molecule has 0 radical (unpaired) electrons. The van der Waals surface area contributed by atoms with Crippen molar-refractivity contribution in [1.82, 2.24) is 4.90 Å². The first-order valence-electron chi connectivity index (χ1n) is 3.09. The molecular weight excluding hydrogens is 114 g/mol. The van der Waals surface area contributed by atoms with Crippen LogP contribution in [0.4, 0.5) is 0 Å². The smallest absolute Gasteiger partial charge is 0.106 e. The average Bonchev–Trinajstić information content (AvgIpc) is 2.43. The van der Waals surface area contributed by atoms with E-state index < -0.39 is 0 Å². The number of rotatable bonds is 1. The van der Waals surface area contributed by atoms with Crippen LogP contribution in [-0.4, -0.2) is 24.8 Å². The lowest BCUT2D eigenvalue weighted by Gasteiger charge is -2.07. The van der Waals surface area contributed by atoms with Crippen LogP contribution in [0.15, 0.2) is 12.8 Å². The van der Waals surface area contributed by atoms with Crippen molar-refractivity contribution >= 4 is 6.79 Å². The minimum Gasteiger partial charge on any atom is -0.378 e. The molecule has 1 fully saturated rings. The Balaban J connectivity index is 0.000000291. The lowest BCUT2D eigenvalue weighted by atomic mass is 10.4. The van der Waals surface area contributed by atoms with E-state index in [2.05, 4.69) is 11.5 Å². The standard InChI is InChI=1S/C6H11N.CH2O/c1-2-7-5-3-4-6-7;1-2/h2H,1,3-6H2;1H2. The van der Waals surface area contributed by atoms with Gasteiger partial charge in [0.05, 0.1) is 0 Å². The molecule has 1 heterocycles. The zero-order valence-electron chi connectivity index (χ0n) is 5.68. The van der Waals surface area contributed by atoms with Crippen LogP contribution < -0.4 is 0 Å². The number of carbonyl (C=O) groups is 1. The van der Waals surface area contributed by atoms with Gasteiger partial charge >= 0.3 is 0 Å². The second kappa shape index (κ2) is 5.35. The van der Waals surface area contributed by atoms with E-state index in [-0.39, 0.29) is 0 Å².